The van der Waals surface area contributed by atoms with Crippen molar-refractivity contribution in [3.05, 3.63) is 12.2 Å². The molecule has 14 heavy (non-hydrogen) atoms. The Morgan fingerprint density at radius 1 is 1.50 bits per heavy atom. The predicted octanol–water partition coefficient (Wildman–Crippen LogP) is 1.52. The van der Waals surface area contributed by atoms with E-state index in [1.165, 1.54) is 0 Å². The topological polar surface area (TPSA) is 54.4 Å². The average molecular weight is 260 g/mol. The van der Waals surface area contributed by atoms with E-state index in [1.807, 2.05) is 24.8 Å². The number of carboxylic acid groups (broad SMARTS) is 1. The van der Waals surface area contributed by atoms with Gasteiger partial charge in [-0.05, 0) is 0 Å². The molecule has 0 rings (SSSR count). The Balaban J connectivity index is 4.34. The molecule has 0 amide bonds. The van der Waals surface area contributed by atoms with E-state index in [4.69, 9.17) is 5.11 Å². The molecule has 1 N–H and O–H groups in total. The third-order valence-electron chi connectivity index (χ3n) is 2.03. The van der Waals surface area contributed by atoms with E-state index in [1.54, 1.807) is 6.92 Å². The molecule has 0 aromatic heterocycles. The van der Waals surface area contributed by atoms with Crippen molar-refractivity contribution in [3.8, 4) is 0 Å². The van der Waals surface area contributed by atoms with Crippen molar-refractivity contribution in [1.82, 2.24) is 0 Å². The molecule has 0 aromatic carbocycles. The van der Waals surface area contributed by atoms with E-state index in [0.29, 0.717) is 6.42 Å². The summed E-state index contributed by atoms with van der Waals surface area (Å²) in [5.41, 5.74) is 1.85. The zero-order valence-electron chi connectivity index (χ0n) is 8.78. The van der Waals surface area contributed by atoms with Crippen molar-refractivity contribution in [2.75, 3.05) is 0 Å². The summed E-state index contributed by atoms with van der Waals surface area (Å²) in [4.78, 5) is 22.4. The van der Waals surface area contributed by atoms with Crippen LogP contribution in [-0.2, 0) is 9.59 Å². The first-order valence-electron chi connectivity index (χ1n) is 4.59. The number of carboxylic acids is 1. The summed E-state index contributed by atoms with van der Waals surface area (Å²) in [7, 11) is 0. The molecule has 0 heterocycles. The molecule has 0 aliphatic rings. The number of Topliss-reactive ketones (excluding diaryl/α,β-unsaturated/α-hetero) is 1. The van der Waals surface area contributed by atoms with Gasteiger partial charge in [0.15, 0.2) is 0 Å². The molecule has 1 unspecified atom stereocenters. The fourth-order valence-corrected chi connectivity index (χ4v) is 2.84. The summed E-state index contributed by atoms with van der Waals surface area (Å²) in [6.07, 6.45) is 4.42. The van der Waals surface area contributed by atoms with Gasteiger partial charge in [0.25, 0.3) is 0 Å². The molecular formula is C10H17AsO3. The van der Waals surface area contributed by atoms with Crippen molar-refractivity contribution in [3.63, 3.8) is 0 Å². The zero-order chi connectivity index (χ0) is 11.1. The van der Waals surface area contributed by atoms with Gasteiger partial charge in [-0.2, -0.15) is 0 Å². The number of carbonyl (C=O) groups is 2. The van der Waals surface area contributed by atoms with Crippen LogP contribution in [0, 0.1) is 5.92 Å². The van der Waals surface area contributed by atoms with Crippen LogP contribution in [0.15, 0.2) is 12.2 Å². The van der Waals surface area contributed by atoms with Gasteiger partial charge in [0.05, 0.1) is 0 Å². The Hall–Kier alpha value is -0.562. The number of carbonyl (C=O) groups excluding carboxylic acids is 1. The van der Waals surface area contributed by atoms with Crippen LogP contribution in [0.4, 0.5) is 0 Å². The summed E-state index contributed by atoms with van der Waals surface area (Å²) < 4.78 is -0.713. The van der Waals surface area contributed by atoms with Gasteiger partial charge >= 0.3 is 91.0 Å². The first-order chi connectivity index (χ1) is 6.54. The summed E-state index contributed by atoms with van der Waals surface area (Å²) in [6.45, 7) is 3.68. The van der Waals surface area contributed by atoms with Crippen molar-refractivity contribution in [2.45, 2.75) is 30.7 Å². The molecule has 80 valence electrons. The van der Waals surface area contributed by atoms with Crippen LogP contribution in [0.2, 0.25) is 10.4 Å². The van der Waals surface area contributed by atoms with Crippen molar-refractivity contribution < 1.29 is 14.7 Å². The van der Waals surface area contributed by atoms with Gasteiger partial charge in [-0.3, -0.25) is 0 Å². The van der Waals surface area contributed by atoms with E-state index in [2.05, 4.69) is 0 Å². The summed E-state index contributed by atoms with van der Waals surface area (Å²) in [6, 6.07) is 0. The second-order valence-corrected chi connectivity index (χ2v) is 5.59. The van der Waals surface area contributed by atoms with Gasteiger partial charge in [0.1, 0.15) is 0 Å². The van der Waals surface area contributed by atoms with Crippen LogP contribution in [0.5, 0.6) is 0 Å². The van der Waals surface area contributed by atoms with Crippen LogP contribution < -0.4 is 0 Å². The quantitative estimate of drug-likeness (QED) is 0.447. The second kappa shape index (κ2) is 6.83. The SMILES string of the molecule is C/C=C/C[C@@H](C)C(=O)[C@H]([AsH]C)C(=O)O. The van der Waals surface area contributed by atoms with Crippen molar-refractivity contribution in [1.29, 1.82) is 0 Å². The molecule has 3 atom stereocenters. The Morgan fingerprint density at radius 2 is 2.07 bits per heavy atom. The third kappa shape index (κ3) is 4.10. The molecule has 3 nitrogen and oxygen atoms in total. The van der Waals surface area contributed by atoms with Gasteiger partial charge in [-0.1, -0.05) is 0 Å². The van der Waals surface area contributed by atoms with Crippen molar-refractivity contribution >= 4 is 27.5 Å². The summed E-state index contributed by atoms with van der Waals surface area (Å²) in [5, 5.41) is 8.81. The number of hydrogen-bond acceptors (Lipinski definition) is 2. The number of allylic oxidation sites excluding steroid dienone is 2. The van der Waals surface area contributed by atoms with Crippen LogP contribution in [0.25, 0.3) is 0 Å². The second-order valence-electron chi connectivity index (χ2n) is 3.17. The van der Waals surface area contributed by atoms with Crippen LogP contribution >= 0.6 is 0 Å². The average Bonchev–Trinajstić information content (AvgIpc) is 2.14. The first kappa shape index (κ1) is 13.4. The monoisotopic (exact) mass is 260 g/mol. The van der Waals surface area contributed by atoms with Gasteiger partial charge < -0.3 is 0 Å². The fraction of sp³-hybridized carbons (Fsp3) is 0.600. The molecule has 0 fully saturated rings. The van der Waals surface area contributed by atoms with E-state index in [9.17, 15) is 9.59 Å². The minimum atomic E-state index is -0.954. The van der Waals surface area contributed by atoms with Gasteiger partial charge in [0.2, 0.25) is 0 Å². The molecule has 0 aliphatic heterocycles. The Kier molecular flexibility index (Phi) is 6.55. The zero-order valence-corrected chi connectivity index (χ0v) is 10.9. The summed E-state index contributed by atoms with van der Waals surface area (Å²) in [5.74, 6) is -1.24. The molecule has 0 bridgehead atoms. The minimum absolute atomic E-state index is 0.113. The fourth-order valence-electron chi connectivity index (χ4n) is 1.13. The standard InChI is InChI=1S/C10H17AsO3/c1-4-5-6-7(2)9(12)8(11-3)10(13)14/h4-5,7-8,11H,6H2,1-3H3,(H,13,14)/b5-4+/t7-,8+/m1/s1. The van der Waals surface area contributed by atoms with Crippen LogP contribution in [-0.4, -0.2) is 32.6 Å². The molecule has 0 radical (unpaired) electrons. The molecule has 0 aromatic rings. The van der Waals surface area contributed by atoms with Gasteiger partial charge in [-0.15, -0.1) is 0 Å². The van der Waals surface area contributed by atoms with Gasteiger partial charge in [0, 0.05) is 0 Å². The Bertz CT molecular complexity index is 236. The van der Waals surface area contributed by atoms with Gasteiger partial charge in [-0.25, -0.2) is 0 Å². The van der Waals surface area contributed by atoms with Crippen molar-refractivity contribution in [2.24, 2.45) is 5.92 Å². The summed E-state index contributed by atoms with van der Waals surface area (Å²) >= 11 is -0.689. The third-order valence-corrected chi connectivity index (χ3v) is 4.36. The Morgan fingerprint density at radius 3 is 2.43 bits per heavy atom. The van der Waals surface area contributed by atoms with E-state index < -0.39 is 26.4 Å². The first-order valence-corrected chi connectivity index (χ1v) is 7.90. The molecular weight excluding hydrogens is 243 g/mol. The molecule has 0 aliphatic carbocycles. The number of rotatable bonds is 6. The number of aliphatic carboxylic acids is 1. The molecule has 0 saturated heterocycles. The number of ketones is 1. The van der Waals surface area contributed by atoms with Crippen LogP contribution in [0.3, 0.4) is 0 Å². The Labute approximate surface area is 91.3 Å². The maximum atomic E-state index is 11.6. The maximum absolute atomic E-state index is 11.6. The van der Waals surface area contributed by atoms with E-state index in [-0.39, 0.29) is 11.7 Å². The normalized spacial score (nSPS) is 16.2. The molecule has 4 heteroatoms. The molecule has 0 spiro atoms. The van der Waals surface area contributed by atoms with Crippen LogP contribution in [0.1, 0.15) is 20.3 Å². The van der Waals surface area contributed by atoms with E-state index in [0.717, 1.165) is 0 Å². The van der Waals surface area contributed by atoms with E-state index >= 15 is 0 Å². The number of hydrogen-bond donors (Lipinski definition) is 1. The predicted molar refractivity (Wildman–Crippen MR) is 58.0 cm³/mol. The molecule has 0 saturated carbocycles.